The molecule has 1 amide bonds. The number of rotatable bonds is 6. The van der Waals surface area contributed by atoms with Crippen molar-refractivity contribution in [1.29, 1.82) is 0 Å². The summed E-state index contributed by atoms with van der Waals surface area (Å²) in [7, 11) is 1.70. The molecule has 0 aliphatic heterocycles. The first-order chi connectivity index (χ1) is 10.5. The summed E-state index contributed by atoms with van der Waals surface area (Å²) in [6.45, 7) is 4.03. The topological polar surface area (TPSA) is 55.0 Å². The zero-order valence-electron chi connectivity index (χ0n) is 12.6. The maximum absolute atomic E-state index is 12.0. The fourth-order valence-electron chi connectivity index (χ4n) is 1.74. The molecule has 0 radical (unpaired) electrons. The van der Waals surface area contributed by atoms with Crippen LogP contribution in [0, 0.1) is 6.92 Å². The van der Waals surface area contributed by atoms with Crippen molar-refractivity contribution >= 4 is 38.9 Å². The summed E-state index contributed by atoms with van der Waals surface area (Å²) in [4.78, 5) is 19.6. The molecular weight excluding hydrogens is 368 g/mol. The third-order valence-electron chi connectivity index (χ3n) is 2.93. The lowest BCUT2D eigenvalue weighted by Crippen LogP contribution is -2.29. The van der Waals surface area contributed by atoms with Gasteiger partial charge in [0.05, 0.1) is 20.9 Å². The molecule has 7 heteroatoms. The number of aryl methyl sites for hydroxylation is 1. The van der Waals surface area contributed by atoms with E-state index in [2.05, 4.69) is 21.1 Å². The van der Waals surface area contributed by atoms with Crippen molar-refractivity contribution in [1.82, 2.24) is 4.90 Å². The fourth-order valence-corrected chi connectivity index (χ4v) is 3.06. The lowest BCUT2D eigenvalue weighted by Gasteiger charge is -2.14. The summed E-state index contributed by atoms with van der Waals surface area (Å²) < 4.78 is 6.47. The van der Waals surface area contributed by atoms with Crippen molar-refractivity contribution in [3.8, 4) is 0 Å². The number of carbonyl (C=O) groups is 1. The number of carbonyl (C=O) groups excluding carboxylic acids is 1. The zero-order chi connectivity index (χ0) is 16.1. The molecule has 2 heterocycles. The minimum absolute atomic E-state index is 0.0971. The van der Waals surface area contributed by atoms with Gasteiger partial charge >= 0.3 is 0 Å². The van der Waals surface area contributed by atoms with Gasteiger partial charge in [-0.05, 0) is 54.0 Å². The number of furan rings is 1. The zero-order valence-corrected chi connectivity index (χ0v) is 15.0. The quantitative estimate of drug-likeness (QED) is 0.561. The number of hydrogen-bond donors (Lipinski definition) is 0. The van der Waals surface area contributed by atoms with Crippen LogP contribution in [0.5, 0.6) is 0 Å². The van der Waals surface area contributed by atoms with Gasteiger partial charge in [-0.3, -0.25) is 4.79 Å². The van der Waals surface area contributed by atoms with Crippen molar-refractivity contribution in [2.75, 3.05) is 13.7 Å². The molecule has 0 saturated heterocycles. The second kappa shape index (κ2) is 7.60. The second-order valence-corrected chi connectivity index (χ2v) is 7.28. The molecule has 0 atom stereocenters. The fraction of sp³-hybridized carbons (Fsp3) is 0.333. The highest BCUT2D eigenvalue weighted by Gasteiger charge is 2.12. The largest absolute Gasteiger partial charge is 0.464 e. The van der Waals surface area contributed by atoms with Crippen LogP contribution in [-0.4, -0.2) is 30.2 Å². The molecule has 0 N–H and O–H groups in total. The van der Waals surface area contributed by atoms with E-state index in [1.807, 2.05) is 38.1 Å². The van der Waals surface area contributed by atoms with Gasteiger partial charge in [0.15, 0.2) is 6.61 Å². The van der Waals surface area contributed by atoms with Gasteiger partial charge in [-0.1, -0.05) is 5.16 Å². The van der Waals surface area contributed by atoms with Gasteiger partial charge in [-0.25, -0.2) is 0 Å². The van der Waals surface area contributed by atoms with Crippen LogP contribution in [0.2, 0.25) is 0 Å². The molecule has 118 valence electrons. The van der Waals surface area contributed by atoms with E-state index >= 15 is 0 Å². The molecule has 2 aromatic rings. The van der Waals surface area contributed by atoms with Gasteiger partial charge < -0.3 is 14.2 Å². The molecule has 0 aromatic carbocycles. The summed E-state index contributed by atoms with van der Waals surface area (Å²) >= 11 is 4.96. The minimum atomic E-state index is -0.155. The molecule has 0 aliphatic carbocycles. The predicted molar refractivity (Wildman–Crippen MR) is 90.1 cm³/mol. The smallest absolute Gasteiger partial charge is 0.263 e. The third kappa shape index (κ3) is 4.71. The normalized spacial score (nSPS) is 11.5. The maximum Gasteiger partial charge on any atom is 0.263 e. The SMILES string of the molecule is C/C(=N\OCC(=O)N(C)Cc1ccc(C)o1)c1ccc(Br)s1. The van der Waals surface area contributed by atoms with E-state index in [9.17, 15) is 4.79 Å². The first-order valence-electron chi connectivity index (χ1n) is 6.67. The van der Waals surface area contributed by atoms with E-state index in [4.69, 9.17) is 9.25 Å². The average Bonchev–Trinajstić information content (AvgIpc) is 3.07. The van der Waals surface area contributed by atoms with Crippen molar-refractivity contribution in [2.45, 2.75) is 20.4 Å². The van der Waals surface area contributed by atoms with Gasteiger partial charge in [-0.2, -0.15) is 0 Å². The Bertz CT molecular complexity index is 678. The maximum atomic E-state index is 12.0. The lowest BCUT2D eigenvalue weighted by molar-refractivity contribution is -0.135. The van der Waals surface area contributed by atoms with Crippen LogP contribution < -0.4 is 0 Å². The molecule has 22 heavy (non-hydrogen) atoms. The Morgan fingerprint density at radius 3 is 2.77 bits per heavy atom. The number of likely N-dealkylation sites (N-methyl/N-ethyl adjacent to an activating group) is 1. The highest BCUT2D eigenvalue weighted by Crippen LogP contribution is 2.22. The van der Waals surface area contributed by atoms with Crippen molar-refractivity contribution < 1.29 is 14.0 Å². The number of hydrogen-bond acceptors (Lipinski definition) is 5. The van der Waals surface area contributed by atoms with Crippen LogP contribution in [0.1, 0.15) is 23.3 Å². The van der Waals surface area contributed by atoms with Crippen molar-refractivity contribution in [2.24, 2.45) is 5.16 Å². The van der Waals surface area contributed by atoms with Gasteiger partial charge in [0.2, 0.25) is 0 Å². The molecule has 0 fully saturated rings. The Hall–Kier alpha value is -1.60. The van der Waals surface area contributed by atoms with E-state index in [0.29, 0.717) is 6.54 Å². The third-order valence-corrected chi connectivity index (χ3v) is 4.67. The van der Waals surface area contributed by atoms with E-state index < -0.39 is 0 Å². The Morgan fingerprint density at radius 2 is 2.18 bits per heavy atom. The van der Waals surface area contributed by atoms with E-state index in [1.165, 1.54) is 0 Å². The Balaban J connectivity index is 1.81. The molecule has 2 aromatic heterocycles. The number of oxime groups is 1. The minimum Gasteiger partial charge on any atom is -0.464 e. The predicted octanol–water partition coefficient (Wildman–Crippen LogP) is 3.81. The first kappa shape index (κ1) is 16.8. The summed E-state index contributed by atoms with van der Waals surface area (Å²) in [6, 6.07) is 7.63. The number of thiophene rings is 1. The van der Waals surface area contributed by atoms with E-state index in [0.717, 1.165) is 25.9 Å². The number of halogens is 1. The highest BCUT2D eigenvalue weighted by molar-refractivity contribution is 9.11. The molecule has 0 saturated carbocycles. The van der Waals surface area contributed by atoms with Crippen LogP contribution in [0.25, 0.3) is 0 Å². The van der Waals surface area contributed by atoms with E-state index in [-0.39, 0.29) is 12.5 Å². The van der Waals surface area contributed by atoms with Gasteiger partial charge in [0.25, 0.3) is 5.91 Å². The molecule has 0 bridgehead atoms. The van der Waals surface area contributed by atoms with Gasteiger partial charge in [0.1, 0.15) is 11.5 Å². The van der Waals surface area contributed by atoms with Crippen LogP contribution in [0.15, 0.2) is 37.6 Å². The first-order valence-corrected chi connectivity index (χ1v) is 8.28. The molecular formula is C15H17BrN2O3S. The molecule has 2 rings (SSSR count). The van der Waals surface area contributed by atoms with Crippen LogP contribution in [-0.2, 0) is 16.2 Å². The standard InChI is InChI=1S/C15H17BrN2O3S/c1-10-4-5-12(21-10)8-18(3)15(19)9-20-17-11(2)13-6-7-14(16)22-13/h4-7H,8-9H2,1-3H3/b17-11+. The summed E-state index contributed by atoms with van der Waals surface area (Å²) in [5.74, 6) is 1.42. The van der Waals surface area contributed by atoms with Crippen molar-refractivity contribution in [3.05, 3.63) is 44.4 Å². The Kier molecular flexibility index (Phi) is 5.79. The summed E-state index contributed by atoms with van der Waals surface area (Å²) in [5.41, 5.74) is 0.743. The summed E-state index contributed by atoms with van der Waals surface area (Å²) in [6.07, 6.45) is 0. The van der Waals surface area contributed by atoms with Crippen LogP contribution in [0.3, 0.4) is 0 Å². The molecule has 0 spiro atoms. The van der Waals surface area contributed by atoms with Crippen molar-refractivity contribution in [3.63, 3.8) is 0 Å². The number of nitrogens with zero attached hydrogens (tertiary/aromatic N) is 2. The second-order valence-electron chi connectivity index (χ2n) is 4.82. The Morgan fingerprint density at radius 1 is 1.41 bits per heavy atom. The molecule has 0 unspecified atom stereocenters. The molecule has 0 aliphatic rings. The van der Waals surface area contributed by atoms with Gasteiger partial charge in [0, 0.05) is 7.05 Å². The van der Waals surface area contributed by atoms with Crippen LogP contribution >= 0.6 is 27.3 Å². The lowest BCUT2D eigenvalue weighted by atomic mass is 10.3. The average molecular weight is 385 g/mol. The van der Waals surface area contributed by atoms with Crippen LogP contribution in [0.4, 0.5) is 0 Å². The Labute approximate surface area is 141 Å². The summed E-state index contributed by atoms with van der Waals surface area (Å²) in [5, 5.41) is 3.98. The van der Waals surface area contributed by atoms with E-state index in [1.54, 1.807) is 23.3 Å². The highest BCUT2D eigenvalue weighted by atomic mass is 79.9. The van der Waals surface area contributed by atoms with Gasteiger partial charge in [-0.15, -0.1) is 11.3 Å². The number of amides is 1. The monoisotopic (exact) mass is 384 g/mol. The molecule has 5 nitrogen and oxygen atoms in total.